The topological polar surface area (TPSA) is 72.8 Å². The second kappa shape index (κ2) is 6.82. The van der Waals surface area contributed by atoms with Gasteiger partial charge in [0, 0.05) is 27.1 Å². The number of aliphatic hydroxyl groups is 2. The first-order valence-corrected chi connectivity index (χ1v) is 4.31. The summed E-state index contributed by atoms with van der Waals surface area (Å²) in [5.74, 6) is 0.0892. The van der Waals surface area contributed by atoms with Crippen LogP contribution in [0.3, 0.4) is 0 Å². The zero-order valence-corrected chi connectivity index (χ0v) is 8.16. The van der Waals surface area contributed by atoms with Crippen LogP contribution in [-0.4, -0.2) is 54.5 Å². The van der Waals surface area contributed by atoms with Gasteiger partial charge in [-0.05, 0) is 13.0 Å². The number of carbonyl (C=O) groups excluding carboxylic acids is 1. The minimum atomic E-state index is -1.32. The molecule has 5 nitrogen and oxygen atoms in total. The number of aliphatic hydroxyl groups excluding tert-OH is 1. The smallest absolute Gasteiger partial charge is 0.222 e. The van der Waals surface area contributed by atoms with Crippen molar-refractivity contribution in [3.8, 4) is 0 Å². The highest BCUT2D eigenvalue weighted by molar-refractivity contribution is 5.75. The number of hydrogen-bond acceptors (Lipinski definition) is 4. The molecular formula is C8H18N2O3. The van der Waals surface area contributed by atoms with Crippen LogP contribution < -0.4 is 5.32 Å². The Hall–Kier alpha value is -0.650. The van der Waals surface area contributed by atoms with Crippen LogP contribution in [0.2, 0.25) is 0 Å². The summed E-state index contributed by atoms with van der Waals surface area (Å²) in [5.41, 5.74) is 0. The third-order valence-electron chi connectivity index (χ3n) is 1.57. The Morgan fingerprint density at radius 2 is 2.08 bits per heavy atom. The zero-order chi connectivity index (χ0) is 10.3. The fourth-order valence-electron chi connectivity index (χ4n) is 0.819. The molecule has 13 heavy (non-hydrogen) atoms. The molecule has 0 aliphatic rings. The molecule has 0 unspecified atom stereocenters. The van der Waals surface area contributed by atoms with Gasteiger partial charge in [0.05, 0.1) is 0 Å². The zero-order valence-electron chi connectivity index (χ0n) is 8.16. The Balaban J connectivity index is 3.21. The minimum absolute atomic E-state index is 0.0892. The third-order valence-corrected chi connectivity index (χ3v) is 1.57. The molecule has 0 spiro atoms. The maximum atomic E-state index is 11.0. The van der Waals surface area contributed by atoms with Crippen LogP contribution in [0, 0.1) is 0 Å². The molecule has 0 saturated carbocycles. The van der Waals surface area contributed by atoms with Gasteiger partial charge >= 0.3 is 0 Å². The standard InChI is InChI=1S/C8H18N2O3/c1-10(2)7(11)4-3-5-9-6-8(12)13/h8-9,12-13H,3-6H2,1-2H3. The van der Waals surface area contributed by atoms with Gasteiger partial charge in [-0.25, -0.2) is 0 Å². The lowest BCUT2D eigenvalue weighted by Gasteiger charge is -2.10. The van der Waals surface area contributed by atoms with E-state index in [0.29, 0.717) is 19.4 Å². The van der Waals surface area contributed by atoms with E-state index in [-0.39, 0.29) is 12.5 Å². The van der Waals surface area contributed by atoms with Crippen LogP contribution in [0.4, 0.5) is 0 Å². The molecule has 0 aliphatic heterocycles. The summed E-state index contributed by atoms with van der Waals surface area (Å²) in [6, 6.07) is 0. The first kappa shape index (κ1) is 12.3. The molecule has 0 aromatic rings. The number of rotatable bonds is 6. The minimum Gasteiger partial charge on any atom is -0.367 e. The normalized spacial score (nSPS) is 10.5. The summed E-state index contributed by atoms with van der Waals surface area (Å²) >= 11 is 0. The van der Waals surface area contributed by atoms with E-state index in [4.69, 9.17) is 10.2 Å². The van der Waals surface area contributed by atoms with E-state index in [1.807, 2.05) is 0 Å². The number of hydrogen-bond donors (Lipinski definition) is 3. The van der Waals surface area contributed by atoms with Crippen LogP contribution in [0.25, 0.3) is 0 Å². The average molecular weight is 190 g/mol. The fraction of sp³-hybridized carbons (Fsp3) is 0.875. The summed E-state index contributed by atoms with van der Waals surface area (Å²) in [6.45, 7) is 0.771. The second-order valence-corrected chi connectivity index (χ2v) is 3.08. The maximum absolute atomic E-state index is 11.0. The van der Waals surface area contributed by atoms with Crippen molar-refractivity contribution in [2.24, 2.45) is 0 Å². The van der Waals surface area contributed by atoms with Crippen LogP contribution >= 0.6 is 0 Å². The maximum Gasteiger partial charge on any atom is 0.222 e. The fourth-order valence-corrected chi connectivity index (χ4v) is 0.819. The van der Waals surface area contributed by atoms with Crippen LogP contribution in [0.15, 0.2) is 0 Å². The molecule has 0 saturated heterocycles. The van der Waals surface area contributed by atoms with Crippen molar-refractivity contribution < 1.29 is 15.0 Å². The Labute approximate surface area is 78.4 Å². The van der Waals surface area contributed by atoms with Gasteiger partial charge in [0.1, 0.15) is 0 Å². The highest BCUT2D eigenvalue weighted by Crippen LogP contribution is 1.91. The Kier molecular flexibility index (Phi) is 6.48. The quantitative estimate of drug-likeness (QED) is 0.362. The number of amides is 1. The first-order valence-electron chi connectivity index (χ1n) is 4.31. The number of nitrogens with zero attached hydrogens (tertiary/aromatic N) is 1. The van der Waals surface area contributed by atoms with Crippen molar-refractivity contribution in [3.05, 3.63) is 0 Å². The Morgan fingerprint density at radius 1 is 1.46 bits per heavy atom. The van der Waals surface area contributed by atoms with Crippen molar-refractivity contribution in [2.75, 3.05) is 27.2 Å². The van der Waals surface area contributed by atoms with Crippen molar-refractivity contribution in [3.63, 3.8) is 0 Å². The molecule has 0 aromatic heterocycles. The highest BCUT2D eigenvalue weighted by Gasteiger charge is 2.02. The van der Waals surface area contributed by atoms with E-state index in [0.717, 1.165) is 0 Å². The average Bonchev–Trinajstić information content (AvgIpc) is 2.02. The van der Waals surface area contributed by atoms with E-state index in [2.05, 4.69) is 5.32 Å². The molecular weight excluding hydrogens is 172 g/mol. The Bertz CT molecular complexity index is 148. The summed E-state index contributed by atoms with van der Waals surface area (Å²) in [7, 11) is 3.43. The van der Waals surface area contributed by atoms with E-state index < -0.39 is 6.29 Å². The van der Waals surface area contributed by atoms with Crippen LogP contribution in [-0.2, 0) is 4.79 Å². The van der Waals surface area contributed by atoms with E-state index in [1.54, 1.807) is 19.0 Å². The van der Waals surface area contributed by atoms with Gasteiger partial charge in [-0.3, -0.25) is 4.79 Å². The monoisotopic (exact) mass is 190 g/mol. The summed E-state index contributed by atoms with van der Waals surface area (Å²) in [6.07, 6.45) is -0.116. The van der Waals surface area contributed by atoms with Gasteiger partial charge in [-0.2, -0.15) is 0 Å². The van der Waals surface area contributed by atoms with Crippen molar-refractivity contribution in [2.45, 2.75) is 19.1 Å². The lowest BCUT2D eigenvalue weighted by Crippen LogP contribution is -2.28. The van der Waals surface area contributed by atoms with Crippen molar-refractivity contribution in [1.29, 1.82) is 0 Å². The third kappa shape index (κ3) is 7.70. The van der Waals surface area contributed by atoms with Crippen molar-refractivity contribution >= 4 is 5.91 Å². The molecule has 0 heterocycles. The van der Waals surface area contributed by atoms with Crippen LogP contribution in [0.1, 0.15) is 12.8 Å². The first-order chi connectivity index (χ1) is 6.04. The molecule has 0 fully saturated rings. The van der Waals surface area contributed by atoms with Crippen molar-refractivity contribution in [1.82, 2.24) is 10.2 Å². The molecule has 0 atom stereocenters. The van der Waals surface area contributed by atoms with E-state index in [1.165, 1.54) is 0 Å². The lowest BCUT2D eigenvalue weighted by molar-refractivity contribution is -0.128. The molecule has 5 heteroatoms. The Morgan fingerprint density at radius 3 is 2.54 bits per heavy atom. The number of nitrogens with one attached hydrogen (secondary N) is 1. The van der Waals surface area contributed by atoms with E-state index in [9.17, 15) is 4.79 Å². The van der Waals surface area contributed by atoms with Gasteiger partial charge < -0.3 is 20.4 Å². The van der Waals surface area contributed by atoms with Gasteiger partial charge in [0.15, 0.2) is 6.29 Å². The highest BCUT2D eigenvalue weighted by atomic mass is 16.5. The molecule has 1 amide bonds. The number of carbonyl (C=O) groups is 1. The lowest BCUT2D eigenvalue weighted by atomic mass is 10.3. The SMILES string of the molecule is CN(C)C(=O)CCCNCC(O)O. The summed E-state index contributed by atoms with van der Waals surface area (Å²) in [5, 5.41) is 19.7. The molecule has 0 bridgehead atoms. The van der Waals surface area contributed by atoms with Gasteiger partial charge in [0.25, 0.3) is 0 Å². The van der Waals surface area contributed by atoms with E-state index >= 15 is 0 Å². The predicted molar refractivity (Wildman–Crippen MR) is 49.0 cm³/mol. The van der Waals surface area contributed by atoms with Gasteiger partial charge in [-0.15, -0.1) is 0 Å². The van der Waals surface area contributed by atoms with Gasteiger partial charge in [-0.1, -0.05) is 0 Å². The van der Waals surface area contributed by atoms with Gasteiger partial charge in [0.2, 0.25) is 5.91 Å². The molecule has 3 N–H and O–H groups in total. The molecule has 78 valence electrons. The second-order valence-electron chi connectivity index (χ2n) is 3.08. The van der Waals surface area contributed by atoms with Crippen LogP contribution in [0.5, 0.6) is 0 Å². The molecule has 0 rings (SSSR count). The largest absolute Gasteiger partial charge is 0.367 e. The molecule has 0 radical (unpaired) electrons. The predicted octanol–water partition coefficient (Wildman–Crippen LogP) is -1.24. The summed E-state index contributed by atoms with van der Waals surface area (Å²) in [4.78, 5) is 12.6. The molecule has 0 aromatic carbocycles. The molecule has 0 aliphatic carbocycles. The summed E-state index contributed by atoms with van der Waals surface area (Å²) < 4.78 is 0.